The summed E-state index contributed by atoms with van der Waals surface area (Å²) in [4.78, 5) is 4.17. The van der Waals surface area contributed by atoms with E-state index in [-0.39, 0.29) is 0 Å². The molecule has 0 saturated heterocycles. The van der Waals surface area contributed by atoms with Crippen LogP contribution in [0.5, 0.6) is 0 Å². The van der Waals surface area contributed by atoms with E-state index in [0.29, 0.717) is 0 Å². The van der Waals surface area contributed by atoms with Crippen LogP contribution in [0, 0.1) is 12.8 Å². The van der Waals surface area contributed by atoms with E-state index in [1.165, 1.54) is 18.4 Å². The smallest absolute Gasteiger partial charge is 0.0375 e. The minimum atomic E-state index is 0.784. The van der Waals surface area contributed by atoms with Crippen molar-refractivity contribution < 1.29 is 0 Å². The second-order valence-corrected chi connectivity index (χ2v) is 3.52. The SMILES string of the molecule is CCC(C)Cc1ccnc(C)c1. The Kier molecular flexibility index (Phi) is 3.27. The highest BCUT2D eigenvalue weighted by Gasteiger charge is 2.00. The van der Waals surface area contributed by atoms with Gasteiger partial charge in [0.05, 0.1) is 0 Å². The maximum absolute atomic E-state index is 4.17. The van der Waals surface area contributed by atoms with Crippen LogP contribution in [-0.2, 0) is 6.42 Å². The number of rotatable bonds is 3. The van der Waals surface area contributed by atoms with Crippen molar-refractivity contribution in [3.8, 4) is 0 Å². The standard InChI is InChI=1S/C11H17N/c1-4-9(2)7-11-5-6-12-10(3)8-11/h5-6,8-9H,4,7H2,1-3H3. The summed E-state index contributed by atoms with van der Waals surface area (Å²) in [6.07, 6.45) is 4.33. The van der Waals surface area contributed by atoms with Gasteiger partial charge in [-0.2, -0.15) is 0 Å². The van der Waals surface area contributed by atoms with Crippen molar-refractivity contribution >= 4 is 0 Å². The van der Waals surface area contributed by atoms with Crippen LogP contribution in [0.4, 0.5) is 0 Å². The molecule has 0 radical (unpaired) electrons. The molecular weight excluding hydrogens is 146 g/mol. The largest absolute Gasteiger partial charge is 0.262 e. The lowest BCUT2D eigenvalue weighted by molar-refractivity contribution is 0.560. The van der Waals surface area contributed by atoms with Gasteiger partial charge in [0.1, 0.15) is 0 Å². The molecule has 0 aromatic carbocycles. The monoisotopic (exact) mass is 163 g/mol. The third-order valence-corrected chi connectivity index (χ3v) is 2.24. The average Bonchev–Trinajstić information content (AvgIpc) is 2.04. The molecular formula is C11H17N. The number of hydrogen-bond donors (Lipinski definition) is 0. The summed E-state index contributed by atoms with van der Waals surface area (Å²) in [7, 11) is 0. The molecule has 0 aliphatic rings. The molecule has 1 atom stereocenters. The second kappa shape index (κ2) is 4.24. The van der Waals surface area contributed by atoms with Crippen molar-refractivity contribution in [3.63, 3.8) is 0 Å². The van der Waals surface area contributed by atoms with E-state index in [9.17, 15) is 0 Å². The first kappa shape index (κ1) is 9.24. The van der Waals surface area contributed by atoms with E-state index in [2.05, 4.69) is 31.0 Å². The van der Waals surface area contributed by atoms with E-state index in [4.69, 9.17) is 0 Å². The minimum Gasteiger partial charge on any atom is -0.262 e. The van der Waals surface area contributed by atoms with Crippen molar-refractivity contribution in [1.82, 2.24) is 4.98 Å². The molecule has 0 bridgehead atoms. The lowest BCUT2D eigenvalue weighted by Gasteiger charge is -2.07. The normalized spacial score (nSPS) is 12.9. The molecule has 1 heterocycles. The Balaban J connectivity index is 2.63. The molecule has 1 heteroatoms. The molecule has 0 spiro atoms. The Bertz CT molecular complexity index is 243. The van der Waals surface area contributed by atoms with Gasteiger partial charge < -0.3 is 0 Å². The third-order valence-electron chi connectivity index (χ3n) is 2.24. The molecule has 0 aliphatic heterocycles. The van der Waals surface area contributed by atoms with Gasteiger partial charge in [0.2, 0.25) is 0 Å². The zero-order valence-corrected chi connectivity index (χ0v) is 8.17. The van der Waals surface area contributed by atoms with Gasteiger partial charge >= 0.3 is 0 Å². The predicted molar refractivity (Wildman–Crippen MR) is 52.1 cm³/mol. The van der Waals surface area contributed by atoms with Crippen LogP contribution in [-0.4, -0.2) is 4.98 Å². The first-order valence-corrected chi connectivity index (χ1v) is 4.64. The van der Waals surface area contributed by atoms with Crippen LogP contribution in [0.1, 0.15) is 31.5 Å². The Morgan fingerprint density at radius 2 is 2.25 bits per heavy atom. The quantitative estimate of drug-likeness (QED) is 0.667. The Labute approximate surface area is 74.8 Å². The van der Waals surface area contributed by atoms with Crippen molar-refractivity contribution in [2.45, 2.75) is 33.6 Å². The molecule has 0 amide bonds. The van der Waals surface area contributed by atoms with E-state index < -0.39 is 0 Å². The van der Waals surface area contributed by atoms with Crippen molar-refractivity contribution in [2.24, 2.45) is 5.92 Å². The van der Waals surface area contributed by atoms with Gasteiger partial charge in [-0.3, -0.25) is 4.98 Å². The van der Waals surface area contributed by atoms with Crippen molar-refractivity contribution in [2.75, 3.05) is 0 Å². The van der Waals surface area contributed by atoms with Crippen LogP contribution in [0.15, 0.2) is 18.3 Å². The minimum absolute atomic E-state index is 0.784. The van der Waals surface area contributed by atoms with Gasteiger partial charge in [-0.05, 0) is 37.0 Å². The van der Waals surface area contributed by atoms with Gasteiger partial charge in [-0.15, -0.1) is 0 Å². The fraction of sp³-hybridized carbons (Fsp3) is 0.545. The van der Waals surface area contributed by atoms with E-state index >= 15 is 0 Å². The van der Waals surface area contributed by atoms with Gasteiger partial charge in [-0.1, -0.05) is 20.3 Å². The zero-order chi connectivity index (χ0) is 8.97. The predicted octanol–water partition coefficient (Wildman–Crippen LogP) is 2.98. The topological polar surface area (TPSA) is 12.9 Å². The first-order valence-electron chi connectivity index (χ1n) is 4.64. The number of nitrogens with zero attached hydrogens (tertiary/aromatic N) is 1. The summed E-state index contributed by atoms with van der Waals surface area (Å²) in [5.74, 6) is 0.784. The second-order valence-electron chi connectivity index (χ2n) is 3.52. The summed E-state index contributed by atoms with van der Waals surface area (Å²) >= 11 is 0. The van der Waals surface area contributed by atoms with Crippen LogP contribution < -0.4 is 0 Å². The number of hydrogen-bond acceptors (Lipinski definition) is 1. The maximum Gasteiger partial charge on any atom is 0.0375 e. The fourth-order valence-corrected chi connectivity index (χ4v) is 1.28. The molecule has 1 nitrogen and oxygen atoms in total. The average molecular weight is 163 g/mol. The van der Waals surface area contributed by atoms with E-state index in [0.717, 1.165) is 11.6 Å². The van der Waals surface area contributed by atoms with Gasteiger partial charge in [0.15, 0.2) is 0 Å². The zero-order valence-electron chi connectivity index (χ0n) is 8.17. The summed E-state index contributed by atoms with van der Waals surface area (Å²) < 4.78 is 0. The maximum atomic E-state index is 4.17. The summed E-state index contributed by atoms with van der Waals surface area (Å²) in [6.45, 7) is 6.56. The lowest BCUT2D eigenvalue weighted by Crippen LogP contribution is -1.98. The molecule has 66 valence electrons. The summed E-state index contributed by atoms with van der Waals surface area (Å²) in [5.41, 5.74) is 2.53. The fourth-order valence-electron chi connectivity index (χ4n) is 1.28. The third kappa shape index (κ3) is 2.65. The van der Waals surface area contributed by atoms with Gasteiger partial charge in [0, 0.05) is 11.9 Å². The highest BCUT2D eigenvalue weighted by Crippen LogP contribution is 2.11. The van der Waals surface area contributed by atoms with Gasteiger partial charge in [-0.25, -0.2) is 0 Å². The molecule has 0 aliphatic carbocycles. The highest BCUT2D eigenvalue weighted by molar-refractivity contribution is 5.15. The van der Waals surface area contributed by atoms with Crippen molar-refractivity contribution in [1.29, 1.82) is 0 Å². The molecule has 0 saturated carbocycles. The van der Waals surface area contributed by atoms with Crippen molar-refractivity contribution in [3.05, 3.63) is 29.6 Å². The molecule has 1 rings (SSSR count). The van der Waals surface area contributed by atoms with E-state index in [1.54, 1.807) is 0 Å². The summed E-state index contributed by atoms with van der Waals surface area (Å²) in [6, 6.07) is 4.28. The Hall–Kier alpha value is -0.850. The molecule has 1 unspecified atom stereocenters. The molecule has 0 fully saturated rings. The van der Waals surface area contributed by atoms with Crippen LogP contribution in [0.25, 0.3) is 0 Å². The molecule has 1 aromatic rings. The number of pyridine rings is 1. The van der Waals surface area contributed by atoms with Gasteiger partial charge in [0.25, 0.3) is 0 Å². The van der Waals surface area contributed by atoms with Crippen LogP contribution in [0.3, 0.4) is 0 Å². The van der Waals surface area contributed by atoms with E-state index in [1.807, 2.05) is 13.1 Å². The highest BCUT2D eigenvalue weighted by atomic mass is 14.6. The lowest BCUT2D eigenvalue weighted by atomic mass is 9.99. The van der Waals surface area contributed by atoms with Crippen LogP contribution >= 0.6 is 0 Å². The Morgan fingerprint density at radius 1 is 1.50 bits per heavy atom. The Morgan fingerprint density at radius 3 is 2.83 bits per heavy atom. The number of aryl methyl sites for hydroxylation is 1. The first-order chi connectivity index (χ1) is 5.72. The molecule has 1 aromatic heterocycles. The molecule has 12 heavy (non-hydrogen) atoms. The number of aromatic nitrogens is 1. The van der Waals surface area contributed by atoms with Crippen LogP contribution in [0.2, 0.25) is 0 Å². The molecule has 0 N–H and O–H groups in total. The summed E-state index contributed by atoms with van der Waals surface area (Å²) in [5, 5.41) is 0.